The van der Waals surface area contributed by atoms with Gasteiger partial charge in [0, 0.05) is 10.6 Å². The van der Waals surface area contributed by atoms with E-state index < -0.39 is 22.8 Å². The largest absolute Gasteiger partial charge is 0.325 e. The molecule has 0 aromatic heterocycles. The fourth-order valence-corrected chi connectivity index (χ4v) is 2.12. The lowest BCUT2D eigenvalue weighted by molar-refractivity contribution is -0.487. The van der Waals surface area contributed by atoms with Crippen LogP contribution in [0, 0.1) is 21.4 Å². The average molecular weight is 231 g/mol. The van der Waals surface area contributed by atoms with Gasteiger partial charge >= 0.3 is 0 Å². The van der Waals surface area contributed by atoms with Gasteiger partial charge in [0.1, 0.15) is 0 Å². The SMILES string of the molecule is N#CCC1(C[N+](=O)[O-])C(=O)Nc2ccccc21. The van der Waals surface area contributed by atoms with Crippen LogP contribution >= 0.6 is 0 Å². The molecule has 86 valence electrons. The van der Waals surface area contributed by atoms with Crippen molar-refractivity contribution < 1.29 is 9.72 Å². The van der Waals surface area contributed by atoms with E-state index in [1.54, 1.807) is 24.3 Å². The molecule has 1 aromatic carbocycles. The number of anilines is 1. The van der Waals surface area contributed by atoms with Crippen molar-refractivity contribution in [2.75, 3.05) is 11.9 Å². The second kappa shape index (κ2) is 3.87. The van der Waals surface area contributed by atoms with E-state index in [9.17, 15) is 14.9 Å². The lowest BCUT2D eigenvalue weighted by atomic mass is 9.79. The van der Waals surface area contributed by atoms with Crippen LogP contribution in [-0.4, -0.2) is 17.4 Å². The monoisotopic (exact) mass is 231 g/mol. The average Bonchev–Trinajstić information content (AvgIpc) is 2.53. The lowest BCUT2D eigenvalue weighted by Crippen LogP contribution is -2.40. The first-order valence-corrected chi connectivity index (χ1v) is 5.00. The van der Waals surface area contributed by atoms with E-state index in [0.29, 0.717) is 11.3 Å². The van der Waals surface area contributed by atoms with E-state index in [1.807, 2.05) is 6.07 Å². The Hall–Kier alpha value is -2.42. The molecule has 0 radical (unpaired) electrons. The molecule has 1 unspecified atom stereocenters. The van der Waals surface area contributed by atoms with Crippen molar-refractivity contribution in [3.63, 3.8) is 0 Å². The molecule has 1 aliphatic rings. The molecule has 0 aliphatic carbocycles. The Kier molecular flexibility index (Phi) is 2.52. The smallest absolute Gasteiger partial charge is 0.242 e. The van der Waals surface area contributed by atoms with E-state index >= 15 is 0 Å². The molecule has 2 rings (SSSR count). The third-order valence-corrected chi connectivity index (χ3v) is 2.91. The predicted molar refractivity (Wildman–Crippen MR) is 58.8 cm³/mol. The quantitative estimate of drug-likeness (QED) is 0.621. The van der Waals surface area contributed by atoms with E-state index in [1.165, 1.54) is 0 Å². The van der Waals surface area contributed by atoms with Crippen LogP contribution in [-0.2, 0) is 10.2 Å². The molecular formula is C11H9N3O3. The summed E-state index contributed by atoms with van der Waals surface area (Å²) in [4.78, 5) is 22.1. The van der Waals surface area contributed by atoms with Crippen molar-refractivity contribution in [1.82, 2.24) is 0 Å². The van der Waals surface area contributed by atoms with Gasteiger partial charge in [-0.3, -0.25) is 14.9 Å². The van der Waals surface area contributed by atoms with Crippen LogP contribution in [0.4, 0.5) is 5.69 Å². The molecule has 0 bridgehead atoms. The summed E-state index contributed by atoms with van der Waals surface area (Å²) >= 11 is 0. The summed E-state index contributed by atoms with van der Waals surface area (Å²) in [5.41, 5.74) is -0.271. The van der Waals surface area contributed by atoms with E-state index in [0.717, 1.165) is 0 Å². The Morgan fingerprint density at radius 2 is 2.18 bits per heavy atom. The Bertz CT molecular complexity index is 535. The number of carbonyl (C=O) groups is 1. The van der Waals surface area contributed by atoms with Crippen LogP contribution in [0.3, 0.4) is 0 Å². The molecule has 0 saturated heterocycles. The summed E-state index contributed by atoms with van der Waals surface area (Å²) in [5, 5.41) is 22.1. The van der Waals surface area contributed by atoms with Gasteiger partial charge in [-0.25, -0.2) is 0 Å². The van der Waals surface area contributed by atoms with Gasteiger partial charge in [0.05, 0.1) is 12.5 Å². The lowest BCUT2D eigenvalue weighted by Gasteiger charge is -2.19. The van der Waals surface area contributed by atoms with Gasteiger partial charge < -0.3 is 5.32 Å². The second-order valence-electron chi connectivity index (χ2n) is 3.91. The number of amides is 1. The molecule has 1 aromatic rings. The number of rotatable bonds is 3. The molecule has 17 heavy (non-hydrogen) atoms. The summed E-state index contributed by atoms with van der Waals surface area (Å²) < 4.78 is 0. The highest BCUT2D eigenvalue weighted by molar-refractivity contribution is 6.06. The van der Waals surface area contributed by atoms with E-state index in [-0.39, 0.29) is 6.42 Å². The third kappa shape index (κ3) is 1.61. The summed E-state index contributed by atoms with van der Waals surface area (Å²) in [6.45, 7) is -0.566. The zero-order chi connectivity index (χ0) is 12.5. The molecule has 1 aliphatic heterocycles. The van der Waals surface area contributed by atoms with Crippen molar-refractivity contribution in [2.45, 2.75) is 11.8 Å². The standard InChI is InChI=1S/C11H9N3O3/c12-6-5-11(7-14(16)17)8-3-1-2-4-9(8)13-10(11)15/h1-4H,5,7H2,(H,13,15). The van der Waals surface area contributed by atoms with Crippen molar-refractivity contribution >= 4 is 11.6 Å². The second-order valence-corrected chi connectivity index (χ2v) is 3.91. The van der Waals surface area contributed by atoms with Crippen molar-refractivity contribution in [3.05, 3.63) is 39.9 Å². The number of para-hydroxylation sites is 1. The van der Waals surface area contributed by atoms with Crippen LogP contribution in [0.25, 0.3) is 0 Å². The van der Waals surface area contributed by atoms with Gasteiger partial charge in [-0.15, -0.1) is 0 Å². The number of hydrogen-bond acceptors (Lipinski definition) is 4. The van der Waals surface area contributed by atoms with Crippen LogP contribution < -0.4 is 5.32 Å². The number of nitrogens with zero attached hydrogens (tertiary/aromatic N) is 2. The molecule has 0 fully saturated rings. The van der Waals surface area contributed by atoms with E-state index in [4.69, 9.17) is 5.26 Å². The Morgan fingerprint density at radius 1 is 1.47 bits per heavy atom. The first-order chi connectivity index (χ1) is 8.10. The van der Waals surface area contributed by atoms with Gasteiger partial charge in [0.15, 0.2) is 5.41 Å². The third-order valence-electron chi connectivity index (χ3n) is 2.91. The first-order valence-electron chi connectivity index (χ1n) is 5.00. The number of carbonyl (C=O) groups excluding carboxylic acids is 1. The summed E-state index contributed by atoms with van der Waals surface area (Å²) in [6, 6.07) is 8.61. The normalized spacial score (nSPS) is 21.5. The highest BCUT2D eigenvalue weighted by Crippen LogP contribution is 2.40. The number of benzene rings is 1. The van der Waals surface area contributed by atoms with Crippen LogP contribution in [0.1, 0.15) is 12.0 Å². The van der Waals surface area contributed by atoms with Gasteiger partial charge in [-0.1, -0.05) is 18.2 Å². The van der Waals surface area contributed by atoms with Gasteiger partial charge in [-0.05, 0) is 11.6 Å². The number of nitro groups is 1. The highest BCUT2D eigenvalue weighted by atomic mass is 16.6. The van der Waals surface area contributed by atoms with Crippen molar-refractivity contribution in [2.24, 2.45) is 0 Å². The molecule has 1 amide bonds. The molecule has 1 atom stereocenters. The van der Waals surface area contributed by atoms with Crippen LogP contribution in [0.15, 0.2) is 24.3 Å². The van der Waals surface area contributed by atoms with Crippen molar-refractivity contribution in [1.29, 1.82) is 5.26 Å². The Balaban J connectivity index is 2.56. The maximum atomic E-state index is 11.9. The Labute approximate surface area is 97.0 Å². The molecule has 6 heteroatoms. The van der Waals surface area contributed by atoms with Crippen LogP contribution in [0.5, 0.6) is 0 Å². The predicted octanol–water partition coefficient (Wildman–Crippen LogP) is 1.07. The fraction of sp³-hybridized carbons (Fsp3) is 0.273. The minimum Gasteiger partial charge on any atom is -0.325 e. The van der Waals surface area contributed by atoms with Gasteiger partial charge in [-0.2, -0.15) is 5.26 Å². The minimum absolute atomic E-state index is 0.198. The molecular weight excluding hydrogens is 222 g/mol. The summed E-state index contributed by atoms with van der Waals surface area (Å²) in [6.07, 6.45) is -0.198. The van der Waals surface area contributed by atoms with E-state index in [2.05, 4.69) is 5.32 Å². The van der Waals surface area contributed by atoms with Crippen molar-refractivity contribution in [3.8, 4) is 6.07 Å². The van der Waals surface area contributed by atoms with Crippen LogP contribution in [0.2, 0.25) is 0 Å². The van der Waals surface area contributed by atoms with Gasteiger partial charge in [0.25, 0.3) is 0 Å². The molecule has 1 N–H and O–H groups in total. The summed E-state index contributed by atoms with van der Waals surface area (Å²) in [7, 11) is 0. The highest BCUT2D eigenvalue weighted by Gasteiger charge is 2.50. The molecule has 0 spiro atoms. The zero-order valence-corrected chi connectivity index (χ0v) is 8.84. The number of hydrogen-bond donors (Lipinski definition) is 1. The molecule has 6 nitrogen and oxygen atoms in total. The Morgan fingerprint density at radius 3 is 2.82 bits per heavy atom. The maximum absolute atomic E-state index is 11.9. The number of fused-ring (bicyclic) bond motifs is 1. The van der Waals surface area contributed by atoms with Gasteiger partial charge in [0.2, 0.25) is 12.5 Å². The minimum atomic E-state index is -1.35. The topological polar surface area (TPSA) is 96.0 Å². The first kappa shape index (κ1) is 11.1. The zero-order valence-electron chi connectivity index (χ0n) is 8.84. The number of nitrogens with one attached hydrogen (secondary N) is 1. The molecule has 0 saturated carbocycles. The fourth-order valence-electron chi connectivity index (χ4n) is 2.12. The maximum Gasteiger partial charge on any atom is 0.242 e. The summed E-state index contributed by atoms with van der Waals surface area (Å²) in [5.74, 6) is -0.475. The number of nitriles is 1. The molecule has 1 heterocycles.